The summed E-state index contributed by atoms with van der Waals surface area (Å²) >= 11 is 0. The van der Waals surface area contributed by atoms with Gasteiger partial charge in [0.05, 0.1) is 6.10 Å². The molecule has 0 spiro atoms. The van der Waals surface area contributed by atoms with Crippen molar-refractivity contribution in [1.29, 1.82) is 0 Å². The lowest BCUT2D eigenvalue weighted by Crippen LogP contribution is -2.30. The minimum Gasteiger partial charge on any atom is -0.399 e. The van der Waals surface area contributed by atoms with Gasteiger partial charge < -0.3 is 15.4 Å². The summed E-state index contributed by atoms with van der Waals surface area (Å²) in [7, 11) is 2.15. The van der Waals surface area contributed by atoms with Crippen molar-refractivity contribution in [3.8, 4) is 0 Å². The lowest BCUT2D eigenvalue weighted by molar-refractivity contribution is 0.0816. The van der Waals surface area contributed by atoms with E-state index in [1.54, 1.807) is 0 Å². The van der Waals surface area contributed by atoms with Crippen LogP contribution >= 0.6 is 0 Å². The van der Waals surface area contributed by atoms with Crippen molar-refractivity contribution in [1.82, 2.24) is 4.90 Å². The summed E-state index contributed by atoms with van der Waals surface area (Å²) in [5.41, 5.74) is 8.07. The molecule has 1 saturated heterocycles. The maximum atomic E-state index is 5.93. The van der Waals surface area contributed by atoms with E-state index in [9.17, 15) is 0 Å². The Hall–Kier alpha value is -1.06. The summed E-state index contributed by atoms with van der Waals surface area (Å²) in [6.07, 6.45) is 3.87. The van der Waals surface area contributed by atoms with E-state index in [0.717, 1.165) is 31.8 Å². The Morgan fingerprint density at radius 2 is 2.24 bits per heavy atom. The highest BCUT2D eigenvalue weighted by atomic mass is 16.5. The van der Waals surface area contributed by atoms with Gasteiger partial charge in [0.25, 0.3) is 0 Å². The number of rotatable bonds is 5. The van der Waals surface area contributed by atoms with E-state index in [0.29, 0.717) is 6.10 Å². The van der Waals surface area contributed by atoms with Crippen molar-refractivity contribution < 1.29 is 4.74 Å². The smallest absolute Gasteiger partial charge is 0.0702 e. The topological polar surface area (TPSA) is 38.5 Å². The van der Waals surface area contributed by atoms with Gasteiger partial charge >= 0.3 is 0 Å². The molecule has 1 aromatic rings. The van der Waals surface area contributed by atoms with Crippen LogP contribution in [0, 0.1) is 0 Å². The fourth-order valence-corrected chi connectivity index (χ4v) is 2.30. The van der Waals surface area contributed by atoms with Gasteiger partial charge in [-0.05, 0) is 37.9 Å². The standard InChI is InChI=1S/C14H22N2O/c1-16(11-13-6-4-10-17-13)9-8-12-5-2-3-7-14(12)15/h2-3,5,7,13H,4,6,8-11,15H2,1H3. The molecule has 0 bridgehead atoms. The molecule has 0 aromatic heterocycles. The second-order valence-corrected chi connectivity index (χ2v) is 4.85. The van der Waals surface area contributed by atoms with Crippen molar-refractivity contribution in [2.45, 2.75) is 25.4 Å². The molecule has 0 aliphatic carbocycles. The zero-order chi connectivity index (χ0) is 12.1. The van der Waals surface area contributed by atoms with Crippen molar-refractivity contribution in [3.05, 3.63) is 29.8 Å². The van der Waals surface area contributed by atoms with E-state index < -0.39 is 0 Å². The molecule has 0 radical (unpaired) electrons. The highest BCUT2D eigenvalue weighted by molar-refractivity contribution is 5.46. The summed E-state index contributed by atoms with van der Waals surface area (Å²) in [4.78, 5) is 2.34. The first-order chi connectivity index (χ1) is 8.25. The van der Waals surface area contributed by atoms with Crippen molar-refractivity contribution >= 4 is 5.69 Å². The maximum Gasteiger partial charge on any atom is 0.0702 e. The average Bonchev–Trinajstić information content (AvgIpc) is 2.81. The Morgan fingerprint density at radius 1 is 1.41 bits per heavy atom. The Bertz CT molecular complexity index is 348. The lowest BCUT2D eigenvalue weighted by atomic mass is 10.1. The van der Waals surface area contributed by atoms with Gasteiger partial charge in [0.15, 0.2) is 0 Å². The van der Waals surface area contributed by atoms with E-state index in [1.807, 2.05) is 18.2 Å². The predicted octanol–water partition coefficient (Wildman–Crippen LogP) is 1.92. The van der Waals surface area contributed by atoms with Crippen LogP contribution < -0.4 is 5.73 Å². The van der Waals surface area contributed by atoms with Crippen LogP contribution in [0.15, 0.2) is 24.3 Å². The Labute approximate surface area is 104 Å². The van der Waals surface area contributed by atoms with E-state index in [2.05, 4.69) is 18.0 Å². The molecule has 94 valence electrons. The van der Waals surface area contributed by atoms with E-state index in [-0.39, 0.29) is 0 Å². The first-order valence-electron chi connectivity index (χ1n) is 6.39. The molecule has 2 rings (SSSR count). The van der Waals surface area contributed by atoms with Crippen molar-refractivity contribution in [2.24, 2.45) is 0 Å². The predicted molar refractivity (Wildman–Crippen MR) is 71.0 cm³/mol. The number of para-hydroxylation sites is 1. The zero-order valence-corrected chi connectivity index (χ0v) is 10.6. The number of anilines is 1. The number of likely N-dealkylation sites (N-methyl/N-ethyl adjacent to an activating group) is 1. The fourth-order valence-electron chi connectivity index (χ4n) is 2.30. The maximum absolute atomic E-state index is 5.93. The second-order valence-electron chi connectivity index (χ2n) is 4.85. The number of nitrogen functional groups attached to an aromatic ring is 1. The van der Waals surface area contributed by atoms with Crippen molar-refractivity contribution in [3.63, 3.8) is 0 Å². The van der Waals surface area contributed by atoms with Gasteiger partial charge in [-0.2, -0.15) is 0 Å². The highest BCUT2D eigenvalue weighted by Crippen LogP contribution is 2.14. The number of ether oxygens (including phenoxy) is 1. The van der Waals surface area contributed by atoms with Gasteiger partial charge in [-0.25, -0.2) is 0 Å². The largest absolute Gasteiger partial charge is 0.399 e. The first kappa shape index (κ1) is 12.4. The number of benzene rings is 1. The molecule has 2 N–H and O–H groups in total. The number of nitrogens with two attached hydrogens (primary N) is 1. The number of nitrogens with zero attached hydrogens (tertiary/aromatic N) is 1. The first-order valence-corrected chi connectivity index (χ1v) is 6.39. The molecule has 3 heteroatoms. The van der Waals surface area contributed by atoms with E-state index in [1.165, 1.54) is 18.4 Å². The van der Waals surface area contributed by atoms with Crippen molar-refractivity contribution in [2.75, 3.05) is 32.5 Å². The zero-order valence-electron chi connectivity index (χ0n) is 10.6. The molecule has 1 aliphatic heterocycles. The summed E-state index contributed by atoms with van der Waals surface area (Å²) in [6, 6.07) is 8.10. The molecular weight excluding hydrogens is 212 g/mol. The van der Waals surface area contributed by atoms with Gasteiger partial charge in [-0.1, -0.05) is 18.2 Å². The van der Waals surface area contributed by atoms with Gasteiger partial charge in [0.1, 0.15) is 0 Å². The molecule has 1 fully saturated rings. The Kier molecular flexibility index (Phi) is 4.40. The molecule has 1 aliphatic rings. The summed E-state index contributed by atoms with van der Waals surface area (Å²) < 4.78 is 5.63. The fraction of sp³-hybridized carbons (Fsp3) is 0.571. The normalized spacial score (nSPS) is 20.0. The second kappa shape index (κ2) is 6.03. The van der Waals surface area contributed by atoms with E-state index >= 15 is 0 Å². The Balaban J connectivity index is 1.75. The van der Waals surface area contributed by atoms with Crippen LogP contribution in [0.1, 0.15) is 18.4 Å². The summed E-state index contributed by atoms with van der Waals surface area (Å²) in [5.74, 6) is 0. The quantitative estimate of drug-likeness (QED) is 0.791. The Morgan fingerprint density at radius 3 is 2.94 bits per heavy atom. The number of hydrogen-bond acceptors (Lipinski definition) is 3. The molecular formula is C14H22N2O. The molecule has 3 nitrogen and oxygen atoms in total. The molecule has 0 amide bonds. The summed E-state index contributed by atoms with van der Waals surface area (Å²) in [6.45, 7) is 3.00. The molecule has 17 heavy (non-hydrogen) atoms. The summed E-state index contributed by atoms with van der Waals surface area (Å²) in [5, 5.41) is 0. The molecule has 1 unspecified atom stereocenters. The van der Waals surface area contributed by atoms with E-state index in [4.69, 9.17) is 10.5 Å². The SMILES string of the molecule is CN(CCc1ccccc1N)CC1CCCO1. The molecule has 1 aromatic carbocycles. The van der Waals surface area contributed by atoms with Crippen LogP contribution in [-0.4, -0.2) is 37.7 Å². The molecule has 1 atom stereocenters. The van der Waals surface area contributed by atoms with Gasteiger partial charge in [-0.3, -0.25) is 0 Å². The third-order valence-corrected chi connectivity index (χ3v) is 3.36. The van der Waals surface area contributed by atoms with Crippen LogP contribution in [0.25, 0.3) is 0 Å². The highest BCUT2D eigenvalue weighted by Gasteiger charge is 2.17. The van der Waals surface area contributed by atoms with Crippen LogP contribution in [0.5, 0.6) is 0 Å². The van der Waals surface area contributed by atoms with Gasteiger partial charge in [0, 0.05) is 25.4 Å². The number of hydrogen-bond donors (Lipinski definition) is 1. The van der Waals surface area contributed by atoms with Crippen LogP contribution in [0.4, 0.5) is 5.69 Å². The third kappa shape index (κ3) is 3.72. The third-order valence-electron chi connectivity index (χ3n) is 3.36. The lowest BCUT2D eigenvalue weighted by Gasteiger charge is -2.20. The average molecular weight is 234 g/mol. The molecule has 0 saturated carbocycles. The van der Waals surface area contributed by atoms with Crippen LogP contribution in [0.3, 0.4) is 0 Å². The van der Waals surface area contributed by atoms with Crippen LogP contribution in [0.2, 0.25) is 0 Å². The van der Waals surface area contributed by atoms with Gasteiger partial charge in [0.2, 0.25) is 0 Å². The minimum absolute atomic E-state index is 0.438. The monoisotopic (exact) mass is 234 g/mol. The van der Waals surface area contributed by atoms with Gasteiger partial charge in [-0.15, -0.1) is 0 Å². The molecule has 1 heterocycles. The van der Waals surface area contributed by atoms with Crippen LogP contribution in [-0.2, 0) is 11.2 Å². The minimum atomic E-state index is 0.438.